The molecule has 0 radical (unpaired) electrons. The summed E-state index contributed by atoms with van der Waals surface area (Å²) in [5.74, 6) is 0. The Kier molecular flexibility index (Phi) is 3.63. The van der Waals surface area contributed by atoms with Crippen LogP contribution in [0, 0.1) is 0 Å². The predicted octanol–water partition coefficient (Wildman–Crippen LogP) is 4.06. The van der Waals surface area contributed by atoms with Crippen molar-refractivity contribution in [3.8, 4) is 0 Å². The third-order valence-electron chi connectivity index (χ3n) is 4.26. The van der Waals surface area contributed by atoms with E-state index < -0.39 is 0 Å². The van der Waals surface area contributed by atoms with Crippen LogP contribution in [0.4, 0.5) is 0 Å². The standard InChI is InChI=1S/C16H18N2OS2/c19-14-11-8-4-5-9-12(11)21-15-13(14)17-16(18-15)20-10-6-2-1-3-7-10/h2,6,10H,1,3-5,7-9H2,(H,17,18). The third kappa shape index (κ3) is 2.57. The number of allylic oxidation sites excluding steroid dienone is 1. The fraction of sp³-hybridized carbons (Fsp3) is 0.500. The Balaban J connectivity index is 1.72. The van der Waals surface area contributed by atoms with Crippen LogP contribution in [0.25, 0.3) is 10.3 Å². The van der Waals surface area contributed by atoms with Crippen molar-refractivity contribution >= 4 is 33.4 Å². The number of nitrogens with zero attached hydrogens (tertiary/aromatic N) is 1. The van der Waals surface area contributed by atoms with Gasteiger partial charge >= 0.3 is 0 Å². The number of aromatic amines is 1. The Hall–Kier alpha value is -1.07. The summed E-state index contributed by atoms with van der Waals surface area (Å²) in [5.41, 5.74) is 1.96. The van der Waals surface area contributed by atoms with E-state index in [0.717, 1.165) is 40.3 Å². The SMILES string of the molecule is O=c1c2c(sc3nc(SC4C=CCCC4)[nH]c13)CCCC2. The predicted molar refractivity (Wildman–Crippen MR) is 89.5 cm³/mol. The van der Waals surface area contributed by atoms with Crippen LogP contribution in [0.3, 0.4) is 0 Å². The molecule has 0 aliphatic heterocycles. The Morgan fingerprint density at radius 3 is 3.05 bits per heavy atom. The molecule has 0 aromatic carbocycles. The first-order valence-electron chi connectivity index (χ1n) is 7.69. The second-order valence-electron chi connectivity index (χ2n) is 5.78. The van der Waals surface area contributed by atoms with Crippen LogP contribution in [-0.2, 0) is 12.8 Å². The second-order valence-corrected chi connectivity index (χ2v) is 8.09. The van der Waals surface area contributed by atoms with Crippen LogP contribution in [-0.4, -0.2) is 15.2 Å². The van der Waals surface area contributed by atoms with Crippen molar-refractivity contribution < 1.29 is 0 Å². The maximum atomic E-state index is 12.6. The molecule has 5 heteroatoms. The fourth-order valence-electron chi connectivity index (χ4n) is 3.14. The van der Waals surface area contributed by atoms with Crippen molar-refractivity contribution in [2.75, 3.05) is 0 Å². The summed E-state index contributed by atoms with van der Waals surface area (Å²) in [6, 6.07) is 0. The topological polar surface area (TPSA) is 45.8 Å². The zero-order valence-electron chi connectivity index (χ0n) is 11.9. The molecule has 2 aromatic heterocycles. The van der Waals surface area contributed by atoms with Crippen molar-refractivity contribution in [3.63, 3.8) is 0 Å². The first-order chi connectivity index (χ1) is 10.3. The van der Waals surface area contributed by atoms with Gasteiger partial charge in [-0.25, -0.2) is 4.98 Å². The van der Waals surface area contributed by atoms with Crippen LogP contribution in [0.15, 0.2) is 22.1 Å². The fourth-order valence-corrected chi connectivity index (χ4v) is 5.44. The molecule has 0 spiro atoms. The average molecular weight is 318 g/mol. The van der Waals surface area contributed by atoms with Crippen molar-refractivity contribution in [2.24, 2.45) is 0 Å². The monoisotopic (exact) mass is 318 g/mol. The van der Waals surface area contributed by atoms with Gasteiger partial charge in [0.2, 0.25) is 5.43 Å². The van der Waals surface area contributed by atoms with Crippen molar-refractivity contribution in [2.45, 2.75) is 55.4 Å². The Morgan fingerprint density at radius 2 is 2.19 bits per heavy atom. The van der Waals surface area contributed by atoms with Gasteiger partial charge in [0.15, 0.2) is 5.16 Å². The lowest BCUT2D eigenvalue weighted by atomic mass is 9.98. The molecular weight excluding hydrogens is 300 g/mol. The van der Waals surface area contributed by atoms with Crippen molar-refractivity contribution in [1.29, 1.82) is 0 Å². The molecule has 0 bridgehead atoms. The number of hydrogen-bond donors (Lipinski definition) is 1. The minimum absolute atomic E-state index is 0.192. The molecule has 0 saturated heterocycles. The number of hydrogen-bond acceptors (Lipinski definition) is 4. The molecule has 110 valence electrons. The van der Waals surface area contributed by atoms with E-state index in [9.17, 15) is 4.79 Å². The van der Waals surface area contributed by atoms with Gasteiger partial charge in [-0.3, -0.25) is 4.79 Å². The smallest absolute Gasteiger partial charge is 0.209 e. The first kappa shape index (κ1) is 13.6. The molecule has 0 amide bonds. The van der Waals surface area contributed by atoms with E-state index in [1.807, 2.05) is 0 Å². The van der Waals surface area contributed by atoms with Gasteiger partial charge in [0.05, 0.1) is 0 Å². The highest BCUT2D eigenvalue weighted by molar-refractivity contribution is 7.99. The minimum Gasteiger partial charge on any atom is -0.329 e. The lowest BCUT2D eigenvalue weighted by Crippen LogP contribution is -2.15. The van der Waals surface area contributed by atoms with E-state index in [4.69, 9.17) is 0 Å². The Morgan fingerprint density at radius 1 is 1.29 bits per heavy atom. The molecule has 2 aromatic rings. The number of aryl methyl sites for hydroxylation is 1. The number of aromatic nitrogens is 2. The van der Waals surface area contributed by atoms with Gasteiger partial charge in [-0.2, -0.15) is 0 Å². The lowest BCUT2D eigenvalue weighted by molar-refractivity contribution is 0.692. The summed E-state index contributed by atoms with van der Waals surface area (Å²) >= 11 is 3.47. The number of rotatable bonds is 2. The number of nitrogens with one attached hydrogen (secondary N) is 1. The maximum Gasteiger partial charge on any atom is 0.209 e. The van der Waals surface area contributed by atoms with Crippen molar-refractivity contribution in [1.82, 2.24) is 9.97 Å². The molecule has 21 heavy (non-hydrogen) atoms. The molecular formula is C16H18N2OS2. The van der Waals surface area contributed by atoms with E-state index in [1.165, 1.54) is 30.6 Å². The first-order valence-corrected chi connectivity index (χ1v) is 9.39. The van der Waals surface area contributed by atoms with Gasteiger partial charge in [-0.15, -0.1) is 11.3 Å². The minimum atomic E-state index is 0.192. The van der Waals surface area contributed by atoms with Gasteiger partial charge in [0.25, 0.3) is 0 Å². The summed E-state index contributed by atoms with van der Waals surface area (Å²) in [5, 5.41) is 1.39. The average Bonchev–Trinajstić information content (AvgIpc) is 2.91. The molecule has 0 fully saturated rings. The Labute approximate surface area is 131 Å². The van der Waals surface area contributed by atoms with Crippen LogP contribution in [0.1, 0.15) is 42.5 Å². The number of thioether (sulfide) groups is 1. The molecule has 2 heterocycles. The highest BCUT2D eigenvalue weighted by Crippen LogP contribution is 2.32. The zero-order valence-corrected chi connectivity index (χ0v) is 13.5. The molecule has 1 atom stereocenters. The van der Waals surface area contributed by atoms with Gasteiger partial charge in [-0.1, -0.05) is 23.9 Å². The van der Waals surface area contributed by atoms with E-state index in [1.54, 1.807) is 23.1 Å². The summed E-state index contributed by atoms with van der Waals surface area (Å²) in [6.07, 6.45) is 12.5. The summed E-state index contributed by atoms with van der Waals surface area (Å²) in [6.45, 7) is 0. The number of fused-ring (bicyclic) bond motifs is 2. The summed E-state index contributed by atoms with van der Waals surface area (Å²) in [4.78, 5) is 22.7. The lowest BCUT2D eigenvalue weighted by Gasteiger charge is -2.13. The highest BCUT2D eigenvalue weighted by atomic mass is 32.2. The molecule has 2 aliphatic carbocycles. The van der Waals surface area contributed by atoms with Crippen LogP contribution >= 0.6 is 23.1 Å². The van der Waals surface area contributed by atoms with Crippen molar-refractivity contribution in [3.05, 3.63) is 32.8 Å². The quantitative estimate of drug-likeness (QED) is 0.849. The molecule has 2 aliphatic rings. The Bertz CT molecular complexity index is 759. The zero-order chi connectivity index (χ0) is 14.2. The molecule has 1 unspecified atom stereocenters. The third-order valence-corrected chi connectivity index (χ3v) is 6.56. The van der Waals surface area contributed by atoms with Gasteiger partial charge < -0.3 is 4.98 Å². The van der Waals surface area contributed by atoms with E-state index in [2.05, 4.69) is 22.1 Å². The molecule has 0 saturated carbocycles. The van der Waals surface area contributed by atoms with Gasteiger partial charge in [-0.05, 0) is 44.9 Å². The van der Waals surface area contributed by atoms with Crippen LogP contribution < -0.4 is 5.43 Å². The van der Waals surface area contributed by atoms with E-state index >= 15 is 0 Å². The molecule has 4 rings (SSSR count). The number of H-pyrrole nitrogens is 1. The highest BCUT2D eigenvalue weighted by Gasteiger charge is 2.19. The number of imidazole rings is 1. The molecule has 1 N–H and O–H groups in total. The van der Waals surface area contributed by atoms with Gasteiger partial charge in [0.1, 0.15) is 10.3 Å². The largest absolute Gasteiger partial charge is 0.329 e. The van der Waals surface area contributed by atoms with Crippen LogP contribution in [0.5, 0.6) is 0 Å². The second kappa shape index (κ2) is 5.61. The molecule has 3 nitrogen and oxygen atoms in total. The van der Waals surface area contributed by atoms with Gasteiger partial charge in [0, 0.05) is 15.7 Å². The summed E-state index contributed by atoms with van der Waals surface area (Å²) < 4.78 is 0. The maximum absolute atomic E-state index is 12.6. The van der Waals surface area contributed by atoms with Crippen LogP contribution in [0.2, 0.25) is 0 Å². The van der Waals surface area contributed by atoms with E-state index in [-0.39, 0.29) is 5.43 Å². The van der Waals surface area contributed by atoms with E-state index in [0.29, 0.717) is 5.25 Å². The summed E-state index contributed by atoms with van der Waals surface area (Å²) in [7, 11) is 0. The normalized spacial score (nSPS) is 21.6.